The number of piperidine rings is 1. The number of ether oxygens (including phenoxy) is 1. The SMILES string of the molecule is NCC1CCN(CCc2cccc3c(C(=O)Oc4ccccc4)c4ccccc4nc23)CC1. The van der Waals surface area contributed by atoms with Crippen LogP contribution >= 0.6 is 0 Å². The Bertz CT molecular complexity index is 1260. The van der Waals surface area contributed by atoms with Gasteiger partial charge in [-0.1, -0.05) is 54.6 Å². The fourth-order valence-corrected chi connectivity index (χ4v) is 4.77. The largest absolute Gasteiger partial charge is 0.423 e. The molecular weight excluding hydrogens is 410 g/mol. The summed E-state index contributed by atoms with van der Waals surface area (Å²) in [6.07, 6.45) is 3.23. The van der Waals surface area contributed by atoms with E-state index in [-0.39, 0.29) is 5.97 Å². The highest BCUT2D eigenvalue weighted by Gasteiger charge is 2.21. The Morgan fingerprint density at radius 3 is 2.45 bits per heavy atom. The number of carbonyl (C=O) groups excluding carboxylic acids is 1. The number of carbonyl (C=O) groups is 1. The van der Waals surface area contributed by atoms with Gasteiger partial charge >= 0.3 is 5.97 Å². The Kier molecular flexibility index (Phi) is 6.33. The van der Waals surface area contributed by atoms with Gasteiger partial charge in [0.25, 0.3) is 0 Å². The minimum Gasteiger partial charge on any atom is -0.423 e. The Morgan fingerprint density at radius 1 is 0.939 bits per heavy atom. The van der Waals surface area contributed by atoms with Gasteiger partial charge in [0.1, 0.15) is 5.75 Å². The van der Waals surface area contributed by atoms with Crippen LogP contribution in [-0.4, -0.2) is 42.0 Å². The van der Waals surface area contributed by atoms with Crippen molar-refractivity contribution >= 4 is 27.8 Å². The number of rotatable bonds is 6. The maximum Gasteiger partial charge on any atom is 0.344 e. The molecule has 0 unspecified atom stereocenters. The number of pyridine rings is 1. The highest BCUT2D eigenvalue weighted by atomic mass is 16.5. The van der Waals surface area contributed by atoms with Gasteiger partial charge in [-0.2, -0.15) is 0 Å². The molecule has 4 aromatic rings. The molecule has 1 saturated heterocycles. The first-order valence-electron chi connectivity index (χ1n) is 11.7. The lowest BCUT2D eigenvalue weighted by molar-refractivity contribution is 0.0739. The van der Waals surface area contributed by atoms with E-state index >= 15 is 0 Å². The lowest BCUT2D eigenvalue weighted by Gasteiger charge is -2.31. The molecule has 5 rings (SSSR count). The number of esters is 1. The zero-order valence-electron chi connectivity index (χ0n) is 18.7. The van der Waals surface area contributed by atoms with Crippen molar-refractivity contribution < 1.29 is 9.53 Å². The molecule has 1 fully saturated rings. The number of likely N-dealkylation sites (tertiary alicyclic amines) is 1. The molecular formula is C28H29N3O2. The quantitative estimate of drug-likeness (QED) is 0.265. The number of benzene rings is 3. The standard InChI is InChI=1S/C28H29N3O2/c29-19-20-13-16-31(17-14-20)18-15-21-7-6-11-24-26(28(32)33-22-8-2-1-3-9-22)23-10-4-5-12-25(23)30-27(21)24/h1-12,20H,13-19,29H2. The minimum absolute atomic E-state index is 0.356. The molecule has 168 valence electrons. The average molecular weight is 440 g/mol. The number of para-hydroxylation sites is 3. The fraction of sp³-hybridized carbons (Fsp3) is 0.286. The summed E-state index contributed by atoms with van der Waals surface area (Å²) < 4.78 is 5.75. The predicted octanol–water partition coefficient (Wildman–Crippen LogP) is 4.82. The molecule has 5 heteroatoms. The lowest BCUT2D eigenvalue weighted by atomic mass is 9.96. The van der Waals surface area contributed by atoms with Crippen LogP contribution in [0.1, 0.15) is 28.8 Å². The summed E-state index contributed by atoms with van der Waals surface area (Å²) in [7, 11) is 0. The summed E-state index contributed by atoms with van der Waals surface area (Å²) in [6.45, 7) is 3.96. The lowest BCUT2D eigenvalue weighted by Crippen LogP contribution is -2.37. The molecule has 0 spiro atoms. The van der Waals surface area contributed by atoms with Crippen LogP contribution in [0.4, 0.5) is 0 Å². The molecule has 3 aromatic carbocycles. The van der Waals surface area contributed by atoms with E-state index in [4.69, 9.17) is 15.5 Å². The summed E-state index contributed by atoms with van der Waals surface area (Å²) in [4.78, 5) is 20.8. The highest BCUT2D eigenvalue weighted by Crippen LogP contribution is 2.30. The normalized spacial score (nSPS) is 15.2. The van der Waals surface area contributed by atoms with Crippen LogP contribution < -0.4 is 10.5 Å². The van der Waals surface area contributed by atoms with Crippen molar-refractivity contribution in [3.8, 4) is 5.75 Å². The van der Waals surface area contributed by atoms with Gasteiger partial charge < -0.3 is 15.4 Å². The van der Waals surface area contributed by atoms with E-state index in [0.717, 1.165) is 60.0 Å². The van der Waals surface area contributed by atoms with Gasteiger partial charge in [-0.3, -0.25) is 0 Å². The first-order chi connectivity index (χ1) is 16.2. The van der Waals surface area contributed by atoms with Gasteiger partial charge in [-0.05, 0) is 68.6 Å². The Hall–Kier alpha value is -3.28. The Labute approximate surface area is 194 Å². The third-order valence-corrected chi connectivity index (χ3v) is 6.69. The van der Waals surface area contributed by atoms with Crippen molar-refractivity contribution in [2.75, 3.05) is 26.2 Å². The van der Waals surface area contributed by atoms with Crippen LogP contribution in [-0.2, 0) is 6.42 Å². The summed E-state index contributed by atoms with van der Waals surface area (Å²) in [5.74, 6) is 0.837. The van der Waals surface area contributed by atoms with Crippen LogP contribution in [0, 0.1) is 5.92 Å². The molecule has 1 aliphatic rings. The van der Waals surface area contributed by atoms with Crippen molar-refractivity contribution in [1.29, 1.82) is 0 Å². The van der Waals surface area contributed by atoms with Crippen LogP contribution in [0.15, 0.2) is 72.8 Å². The van der Waals surface area contributed by atoms with Crippen molar-refractivity contribution in [3.05, 3.63) is 83.9 Å². The summed E-state index contributed by atoms with van der Waals surface area (Å²) in [5, 5.41) is 1.65. The van der Waals surface area contributed by atoms with Gasteiger partial charge in [0.05, 0.1) is 16.6 Å². The molecule has 1 aromatic heterocycles. The number of fused-ring (bicyclic) bond motifs is 2. The maximum atomic E-state index is 13.3. The minimum atomic E-state index is -0.356. The molecule has 33 heavy (non-hydrogen) atoms. The smallest absolute Gasteiger partial charge is 0.344 e. The van der Waals surface area contributed by atoms with Crippen LogP contribution in [0.3, 0.4) is 0 Å². The summed E-state index contributed by atoms with van der Waals surface area (Å²) in [5.41, 5.74) is 9.27. The van der Waals surface area contributed by atoms with Gasteiger partial charge in [-0.15, -0.1) is 0 Å². The highest BCUT2D eigenvalue weighted by molar-refractivity contribution is 6.15. The third kappa shape index (κ3) is 4.61. The third-order valence-electron chi connectivity index (χ3n) is 6.69. The van der Waals surface area contributed by atoms with Crippen LogP contribution in [0.5, 0.6) is 5.75 Å². The van der Waals surface area contributed by atoms with Gasteiger partial charge in [0.15, 0.2) is 0 Å². The predicted molar refractivity (Wildman–Crippen MR) is 133 cm³/mol. The monoisotopic (exact) mass is 439 g/mol. The summed E-state index contributed by atoms with van der Waals surface area (Å²) in [6, 6.07) is 23.1. The van der Waals surface area contributed by atoms with E-state index in [2.05, 4.69) is 11.0 Å². The van der Waals surface area contributed by atoms with Gasteiger partial charge in [0, 0.05) is 17.3 Å². The molecule has 0 saturated carbocycles. The summed E-state index contributed by atoms with van der Waals surface area (Å²) >= 11 is 0. The van der Waals surface area contributed by atoms with Crippen molar-refractivity contribution in [1.82, 2.24) is 9.88 Å². The Balaban J connectivity index is 1.49. The van der Waals surface area contributed by atoms with E-state index in [1.165, 1.54) is 12.8 Å². The van der Waals surface area contributed by atoms with Crippen molar-refractivity contribution in [2.45, 2.75) is 19.3 Å². The zero-order chi connectivity index (χ0) is 22.6. The zero-order valence-corrected chi connectivity index (χ0v) is 18.7. The molecule has 0 aliphatic carbocycles. The van der Waals surface area contributed by atoms with Crippen molar-refractivity contribution in [2.24, 2.45) is 11.7 Å². The van der Waals surface area contributed by atoms with Gasteiger partial charge in [-0.25, -0.2) is 9.78 Å². The molecule has 2 heterocycles. The number of hydrogen-bond acceptors (Lipinski definition) is 5. The number of nitrogens with zero attached hydrogens (tertiary/aromatic N) is 2. The van der Waals surface area contributed by atoms with Crippen molar-refractivity contribution in [3.63, 3.8) is 0 Å². The second-order valence-electron chi connectivity index (χ2n) is 8.79. The van der Waals surface area contributed by atoms with E-state index in [9.17, 15) is 4.79 Å². The molecule has 1 aliphatic heterocycles. The average Bonchev–Trinajstić information content (AvgIpc) is 2.87. The first-order valence-corrected chi connectivity index (χ1v) is 11.7. The molecule has 0 radical (unpaired) electrons. The van der Waals surface area contributed by atoms with E-state index in [1.54, 1.807) is 12.1 Å². The van der Waals surface area contributed by atoms with Crippen LogP contribution in [0.25, 0.3) is 21.8 Å². The first kappa shape index (κ1) is 21.6. The molecule has 2 N–H and O–H groups in total. The molecule has 0 amide bonds. The topological polar surface area (TPSA) is 68.5 Å². The molecule has 5 nitrogen and oxygen atoms in total. The molecule has 0 atom stereocenters. The fourth-order valence-electron chi connectivity index (χ4n) is 4.77. The number of aromatic nitrogens is 1. The molecule has 0 bridgehead atoms. The second kappa shape index (κ2) is 9.69. The number of hydrogen-bond donors (Lipinski definition) is 1. The Morgan fingerprint density at radius 2 is 1.67 bits per heavy atom. The van der Waals surface area contributed by atoms with E-state index in [1.807, 2.05) is 54.6 Å². The van der Waals surface area contributed by atoms with E-state index in [0.29, 0.717) is 17.2 Å². The van der Waals surface area contributed by atoms with Gasteiger partial charge in [0.2, 0.25) is 0 Å². The second-order valence-corrected chi connectivity index (χ2v) is 8.79. The number of nitrogens with two attached hydrogens (primary N) is 1. The maximum absolute atomic E-state index is 13.3. The van der Waals surface area contributed by atoms with E-state index < -0.39 is 0 Å². The van der Waals surface area contributed by atoms with Crippen LogP contribution in [0.2, 0.25) is 0 Å².